The summed E-state index contributed by atoms with van der Waals surface area (Å²) >= 11 is 0. The zero-order chi connectivity index (χ0) is 16.8. The lowest BCUT2D eigenvalue weighted by Crippen LogP contribution is -2.43. The number of nitrogens with zero attached hydrogens (tertiary/aromatic N) is 4. The van der Waals surface area contributed by atoms with E-state index in [-0.39, 0.29) is 6.10 Å². The lowest BCUT2D eigenvalue weighted by molar-refractivity contribution is -0.0575. The first kappa shape index (κ1) is 17.0. The lowest BCUT2D eigenvalue weighted by Gasteiger charge is -2.33. The van der Waals surface area contributed by atoms with Gasteiger partial charge in [0.1, 0.15) is 12.4 Å². The molecule has 1 fully saturated rings. The SMILES string of the molecule is Cn1cnnc1[C@H]1CN(C[C@@H](O)COCc2ccccc2)CCO1. The van der Waals surface area contributed by atoms with E-state index >= 15 is 0 Å². The molecular weight excluding hydrogens is 308 g/mol. The van der Waals surface area contributed by atoms with Crippen LogP contribution in [0.5, 0.6) is 0 Å². The third kappa shape index (κ3) is 4.61. The predicted molar refractivity (Wildman–Crippen MR) is 88.2 cm³/mol. The average molecular weight is 332 g/mol. The molecule has 0 unspecified atom stereocenters. The van der Waals surface area contributed by atoms with Gasteiger partial charge in [0.2, 0.25) is 0 Å². The van der Waals surface area contributed by atoms with Crippen molar-refractivity contribution in [3.05, 3.63) is 48.0 Å². The summed E-state index contributed by atoms with van der Waals surface area (Å²) in [6.45, 7) is 3.51. The highest BCUT2D eigenvalue weighted by atomic mass is 16.5. The molecule has 0 spiro atoms. The average Bonchev–Trinajstić information content (AvgIpc) is 3.02. The van der Waals surface area contributed by atoms with E-state index in [9.17, 15) is 5.11 Å². The van der Waals surface area contributed by atoms with Crippen molar-refractivity contribution in [2.75, 3.05) is 32.8 Å². The van der Waals surface area contributed by atoms with Crippen LogP contribution in [0, 0.1) is 0 Å². The quantitative estimate of drug-likeness (QED) is 0.807. The number of benzene rings is 1. The zero-order valence-corrected chi connectivity index (χ0v) is 13.9. The molecule has 0 radical (unpaired) electrons. The Bertz CT molecular complexity index is 619. The number of aliphatic hydroxyl groups is 1. The predicted octanol–water partition coefficient (Wildman–Crippen LogP) is 0.766. The number of aliphatic hydroxyl groups excluding tert-OH is 1. The molecule has 7 heteroatoms. The van der Waals surface area contributed by atoms with Crippen LogP contribution in [0.4, 0.5) is 0 Å². The highest BCUT2D eigenvalue weighted by Crippen LogP contribution is 2.19. The van der Waals surface area contributed by atoms with Crippen LogP contribution in [0.25, 0.3) is 0 Å². The molecule has 3 rings (SSSR count). The summed E-state index contributed by atoms with van der Waals surface area (Å²) in [5.74, 6) is 0.814. The standard InChI is InChI=1S/C17H24N4O3/c1-20-13-18-19-17(20)16-10-21(7-8-24-16)9-15(22)12-23-11-14-5-3-2-4-6-14/h2-6,13,15-16,22H,7-12H2,1H3/t15-,16-/m1/s1. The van der Waals surface area contributed by atoms with Crippen LogP contribution in [0.3, 0.4) is 0 Å². The van der Waals surface area contributed by atoms with Crippen LogP contribution in [-0.4, -0.2) is 63.7 Å². The molecule has 1 aromatic carbocycles. The maximum atomic E-state index is 10.2. The van der Waals surface area contributed by atoms with Crippen molar-refractivity contribution in [2.24, 2.45) is 7.05 Å². The Labute approximate surface area is 141 Å². The van der Waals surface area contributed by atoms with Crippen molar-refractivity contribution in [2.45, 2.75) is 18.8 Å². The third-order valence-corrected chi connectivity index (χ3v) is 4.08. The second-order valence-corrected chi connectivity index (χ2v) is 6.07. The lowest BCUT2D eigenvalue weighted by atomic mass is 10.2. The minimum Gasteiger partial charge on any atom is -0.389 e. The zero-order valence-electron chi connectivity index (χ0n) is 13.9. The summed E-state index contributed by atoms with van der Waals surface area (Å²) in [6, 6.07) is 9.97. The Kier molecular flexibility index (Phi) is 5.92. The van der Waals surface area contributed by atoms with Gasteiger partial charge >= 0.3 is 0 Å². The Balaban J connectivity index is 1.42. The normalized spacial score (nSPS) is 20.2. The summed E-state index contributed by atoms with van der Waals surface area (Å²) in [6.07, 6.45) is 1.04. The molecule has 0 saturated carbocycles. The van der Waals surface area contributed by atoms with E-state index in [0.717, 1.165) is 17.9 Å². The number of morpholine rings is 1. The minimum absolute atomic E-state index is 0.108. The van der Waals surface area contributed by atoms with Gasteiger partial charge in [0, 0.05) is 26.7 Å². The summed E-state index contributed by atoms with van der Waals surface area (Å²) in [5, 5.41) is 18.2. The highest BCUT2D eigenvalue weighted by Gasteiger charge is 2.26. The van der Waals surface area contributed by atoms with Crippen molar-refractivity contribution >= 4 is 0 Å². The molecule has 130 valence electrons. The maximum Gasteiger partial charge on any atom is 0.163 e. The smallest absolute Gasteiger partial charge is 0.163 e. The van der Waals surface area contributed by atoms with Crippen molar-refractivity contribution < 1.29 is 14.6 Å². The molecule has 0 aliphatic carbocycles. The fourth-order valence-corrected chi connectivity index (χ4v) is 2.85. The van der Waals surface area contributed by atoms with Gasteiger partial charge in [0.05, 0.1) is 25.9 Å². The van der Waals surface area contributed by atoms with E-state index in [1.165, 1.54) is 0 Å². The topological polar surface area (TPSA) is 72.6 Å². The van der Waals surface area contributed by atoms with Gasteiger partial charge in [0.15, 0.2) is 5.82 Å². The first-order chi connectivity index (χ1) is 11.7. The molecule has 2 heterocycles. The molecule has 1 N–H and O–H groups in total. The maximum absolute atomic E-state index is 10.2. The molecule has 1 saturated heterocycles. The van der Waals surface area contributed by atoms with Gasteiger partial charge in [-0.05, 0) is 5.56 Å². The van der Waals surface area contributed by atoms with Crippen molar-refractivity contribution in [3.63, 3.8) is 0 Å². The molecule has 1 aliphatic rings. The molecule has 0 amide bonds. The first-order valence-corrected chi connectivity index (χ1v) is 8.20. The van der Waals surface area contributed by atoms with Gasteiger partial charge < -0.3 is 19.1 Å². The van der Waals surface area contributed by atoms with Crippen LogP contribution >= 0.6 is 0 Å². The number of hydrogen-bond acceptors (Lipinski definition) is 6. The largest absolute Gasteiger partial charge is 0.389 e. The van der Waals surface area contributed by atoms with Gasteiger partial charge in [-0.15, -0.1) is 10.2 Å². The molecule has 2 atom stereocenters. The molecule has 1 aliphatic heterocycles. The molecule has 7 nitrogen and oxygen atoms in total. The van der Waals surface area contributed by atoms with E-state index < -0.39 is 6.10 Å². The van der Waals surface area contributed by atoms with Crippen molar-refractivity contribution in [3.8, 4) is 0 Å². The third-order valence-electron chi connectivity index (χ3n) is 4.08. The van der Waals surface area contributed by atoms with Gasteiger partial charge in [-0.1, -0.05) is 30.3 Å². The monoisotopic (exact) mass is 332 g/mol. The highest BCUT2D eigenvalue weighted by molar-refractivity contribution is 5.13. The van der Waals surface area contributed by atoms with Crippen LogP contribution in [-0.2, 0) is 23.1 Å². The number of β-amino-alcohol motifs (C(OH)–C–C–N with tert-alkyl or cyclic N) is 1. The Morgan fingerprint density at radius 2 is 2.21 bits per heavy atom. The molecule has 2 aromatic rings. The van der Waals surface area contributed by atoms with Gasteiger partial charge in [-0.3, -0.25) is 4.90 Å². The molecule has 0 bridgehead atoms. The van der Waals surface area contributed by atoms with Gasteiger partial charge in [-0.25, -0.2) is 0 Å². The molecule has 24 heavy (non-hydrogen) atoms. The summed E-state index contributed by atoms with van der Waals surface area (Å²) in [7, 11) is 1.91. The molecule has 1 aromatic heterocycles. The van der Waals surface area contributed by atoms with Crippen molar-refractivity contribution in [1.29, 1.82) is 0 Å². The number of aryl methyl sites for hydroxylation is 1. The van der Waals surface area contributed by atoms with E-state index in [1.807, 2.05) is 41.9 Å². The van der Waals surface area contributed by atoms with E-state index in [2.05, 4.69) is 15.1 Å². The number of hydrogen-bond donors (Lipinski definition) is 1. The Morgan fingerprint density at radius 3 is 2.96 bits per heavy atom. The number of ether oxygens (including phenoxy) is 2. The van der Waals surface area contributed by atoms with E-state index in [4.69, 9.17) is 9.47 Å². The number of aromatic nitrogens is 3. The Hall–Kier alpha value is -1.80. The van der Waals surface area contributed by atoms with Crippen molar-refractivity contribution in [1.82, 2.24) is 19.7 Å². The first-order valence-electron chi connectivity index (χ1n) is 8.20. The fraction of sp³-hybridized carbons (Fsp3) is 0.529. The summed E-state index contributed by atoms with van der Waals surface area (Å²) in [4.78, 5) is 2.18. The number of rotatable bonds is 7. The van der Waals surface area contributed by atoms with Crippen LogP contribution < -0.4 is 0 Å². The van der Waals surface area contributed by atoms with E-state index in [0.29, 0.717) is 32.9 Å². The van der Waals surface area contributed by atoms with Gasteiger partial charge in [-0.2, -0.15) is 0 Å². The minimum atomic E-state index is -0.521. The molecular formula is C17H24N4O3. The fourth-order valence-electron chi connectivity index (χ4n) is 2.85. The Morgan fingerprint density at radius 1 is 1.38 bits per heavy atom. The summed E-state index contributed by atoms with van der Waals surface area (Å²) in [5.41, 5.74) is 1.11. The summed E-state index contributed by atoms with van der Waals surface area (Å²) < 4.78 is 13.3. The van der Waals surface area contributed by atoms with Gasteiger partial charge in [0.25, 0.3) is 0 Å². The van der Waals surface area contributed by atoms with E-state index in [1.54, 1.807) is 6.33 Å². The second-order valence-electron chi connectivity index (χ2n) is 6.07. The van der Waals surface area contributed by atoms with Crippen LogP contribution in [0.1, 0.15) is 17.5 Å². The second kappa shape index (κ2) is 8.34. The van der Waals surface area contributed by atoms with Crippen LogP contribution in [0.2, 0.25) is 0 Å². The van der Waals surface area contributed by atoms with Crippen LogP contribution in [0.15, 0.2) is 36.7 Å².